The van der Waals surface area contributed by atoms with Gasteiger partial charge in [0.1, 0.15) is 0 Å². The second kappa shape index (κ2) is 7.30. The van der Waals surface area contributed by atoms with Gasteiger partial charge >= 0.3 is 0 Å². The molecular weight excluding hydrogens is 286 g/mol. The molecule has 0 saturated carbocycles. The maximum atomic E-state index is 3.57. The molecule has 2 heteroatoms. The fraction of sp³-hybridized carbons (Fsp3) is 0.625. The van der Waals surface area contributed by atoms with Crippen molar-refractivity contribution in [3.8, 4) is 0 Å². The molecule has 2 rings (SSSR count). The number of piperidine rings is 1. The predicted octanol–water partition coefficient (Wildman–Crippen LogP) is 4.25. The summed E-state index contributed by atoms with van der Waals surface area (Å²) >= 11 is 3.57. The van der Waals surface area contributed by atoms with Crippen molar-refractivity contribution in [3.05, 3.63) is 35.4 Å². The Morgan fingerprint density at radius 3 is 2.61 bits per heavy atom. The van der Waals surface area contributed by atoms with Crippen molar-refractivity contribution in [1.29, 1.82) is 0 Å². The van der Waals surface area contributed by atoms with Crippen molar-refractivity contribution < 1.29 is 0 Å². The van der Waals surface area contributed by atoms with E-state index in [1.807, 2.05) is 0 Å². The van der Waals surface area contributed by atoms with E-state index in [2.05, 4.69) is 52.0 Å². The number of likely N-dealkylation sites (tertiary alicyclic amines) is 1. The highest BCUT2D eigenvalue weighted by molar-refractivity contribution is 9.09. The fourth-order valence-electron chi connectivity index (χ4n) is 2.82. The summed E-state index contributed by atoms with van der Waals surface area (Å²) in [5, 5.41) is 1.15. The van der Waals surface area contributed by atoms with Crippen molar-refractivity contribution >= 4 is 15.9 Å². The van der Waals surface area contributed by atoms with Crippen molar-refractivity contribution in [2.75, 3.05) is 18.4 Å². The van der Waals surface area contributed by atoms with Gasteiger partial charge in [0.15, 0.2) is 0 Å². The van der Waals surface area contributed by atoms with E-state index in [1.54, 1.807) is 0 Å². The number of rotatable bonds is 5. The first-order chi connectivity index (χ1) is 8.81. The van der Waals surface area contributed by atoms with E-state index in [9.17, 15) is 0 Å². The Morgan fingerprint density at radius 1 is 1.22 bits per heavy atom. The van der Waals surface area contributed by atoms with Gasteiger partial charge in [-0.25, -0.2) is 0 Å². The molecule has 1 unspecified atom stereocenters. The van der Waals surface area contributed by atoms with Gasteiger partial charge in [0.2, 0.25) is 0 Å². The molecule has 1 nitrogen and oxygen atoms in total. The summed E-state index contributed by atoms with van der Waals surface area (Å²) in [6.45, 7) is 5.89. The standard InChI is InChI=1S/C16H24BrN/c1-2-14-5-7-16(8-6-14)13-18-11-3-4-15(12-18)9-10-17/h5-8,15H,2-4,9-13H2,1H3. The zero-order chi connectivity index (χ0) is 12.8. The lowest BCUT2D eigenvalue weighted by atomic mass is 9.95. The molecule has 1 atom stereocenters. The highest BCUT2D eigenvalue weighted by atomic mass is 79.9. The molecule has 1 saturated heterocycles. The van der Waals surface area contributed by atoms with Crippen LogP contribution in [0, 0.1) is 5.92 Å². The summed E-state index contributed by atoms with van der Waals surface area (Å²) in [4.78, 5) is 2.62. The molecule has 1 aliphatic rings. The maximum absolute atomic E-state index is 3.57. The summed E-state index contributed by atoms with van der Waals surface area (Å²) in [5.41, 5.74) is 2.90. The number of hydrogen-bond acceptors (Lipinski definition) is 1. The van der Waals surface area contributed by atoms with E-state index in [0.717, 1.165) is 24.2 Å². The summed E-state index contributed by atoms with van der Waals surface area (Å²) in [6, 6.07) is 9.14. The Labute approximate surface area is 120 Å². The third-order valence-electron chi connectivity index (χ3n) is 3.96. The van der Waals surface area contributed by atoms with Crippen LogP contribution in [0.5, 0.6) is 0 Å². The quantitative estimate of drug-likeness (QED) is 0.735. The SMILES string of the molecule is CCc1ccc(CN2CCCC(CCBr)C2)cc1. The highest BCUT2D eigenvalue weighted by Crippen LogP contribution is 2.22. The first-order valence-electron chi connectivity index (χ1n) is 7.18. The molecule has 0 N–H and O–H groups in total. The molecule has 1 fully saturated rings. The van der Waals surface area contributed by atoms with Gasteiger partial charge in [0.25, 0.3) is 0 Å². The zero-order valence-corrected chi connectivity index (χ0v) is 13.0. The monoisotopic (exact) mass is 309 g/mol. The molecule has 1 aliphatic heterocycles. The second-order valence-corrected chi connectivity index (χ2v) is 6.18. The van der Waals surface area contributed by atoms with Crippen molar-refractivity contribution in [3.63, 3.8) is 0 Å². The molecule has 0 bridgehead atoms. The van der Waals surface area contributed by atoms with Crippen LogP contribution in [-0.4, -0.2) is 23.3 Å². The van der Waals surface area contributed by atoms with Crippen LogP contribution in [0.3, 0.4) is 0 Å². The third-order valence-corrected chi connectivity index (χ3v) is 4.42. The van der Waals surface area contributed by atoms with Crippen molar-refractivity contribution in [2.24, 2.45) is 5.92 Å². The van der Waals surface area contributed by atoms with Gasteiger partial charge in [-0.2, -0.15) is 0 Å². The number of hydrogen-bond donors (Lipinski definition) is 0. The van der Waals surface area contributed by atoms with Crippen LogP contribution in [-0.2, 0) is 13.0 Å². The lowest BCUT2D eigenvalue weighted by Gasteiger charge is -2.32. The summed E-state index contributed by atoms with van der Waals surface area (Å²) in [5.74, 6) is 0.896. The van der Waals surface area contributed by atoms with Crippen LogP contribution in [0.2, 0.25) is 0 Å². The minimum Gasteiger partial charge on any atom is -0.299 e. The molecule has 1 aromatic rings. The van der Waals surface area contributed by atoms with Gasteiger partial charge in [0.05, 0.1) is 0 Å². The lowest BCUT2D eigenvalue weighted by Crippen LogP contribution is -2.35. The Morgan fingerprint density at radius 2 is 1.94 bits per heavy atom. The Hall–Kier alpha value is -0.340. The predicted molar refractivity (Wildman–Crippen MR) is 82.2 cm³/mol. The third kappa shape index (κ3) is 4.10. The molecule has 0 aliphatic carbocycles. The normalized spacial score (nSPS) is 21.1. The van der Waals surface area contributed by atoms with E-state index in [4.69, 9.17) is 0 Å². The number of halogens is 1. The average Bonchev–Trinajstić information content (AvgIpc) is 2.40. The van der Waals surface area contributed by atoms with Crippen LogP contribution in [0.1, 0.15) is 37.3 Å². The van der Waals surface area contributed by atoms with Gasteiger partial charge in [-0.3, -0.25) is 4.90 Å². The van der Waals surface area contributed by atoms with Crippen molar-refractivity contribution in [2.45, 2.75) is 39.2 Å². The Bertz CT molecular complexity index is 345. The number of nitrogens with zero attached hydrogens (tertiary/aromatic N) is 1. The minimum atomic E-state index is 0.896. The molecule has 18 heavy (non-hydrogen) atoms. The van der Waals surface area contributed by atoms with E-state index >= 15 is 0 Å². The van der Waals surface area contributed by atoms with Crippen LogP contribution >= 0.6 is 15.9 Å². The summed E-state index contributed by atoms with van der Waals surface area (Å²) in [7, 11) is 0. The Kier molecular flexibility index (Phi) is 5.71. The van der Waals surface area contributed by atoms with Crippen molar-refractivity contribution in [1.82, 2.24) is 4.90 Å². The van der Waals surface area contributed by atoms with Gasteiger partial charge in [-0.1, -0.05) is 47.1 Å². The fourth-order valence-corrected chi connectivity index (χ4v) is 3.47. The van der Waals surface area contributed by atoms with E-state index in [-0.39, 0.29) is 0 Å². The number of alkyl halides is 1. The molecule has 100 valence electrons. The maximum Gasteiger partial charge on any atom is 0.0233 e. The topological polar surface area (TPSA) is 3.24 Å². The first-order valence-corrected chi connectivity index (χ1v) is 8.30. The van der Waals surface area contributed by atoms with Crippen LogP contribution in [0.15, 0.2) is 24.3 Å². The molecule has 0 spiro atoms. The van der Waals surface area contributed by atoms with E-state index in [0.29, 0.717) is 0 Å². The molecule has 1 heterocycles. The largest absolute Gasteiger partial charge is 0.299 e. The summed E-state index contributed by atoms with van der Waals surface area (Å²) < 4.78 is 0. The second-order valence-electron chi connectivity index (χ2n) is 5.39. The van der Waals surface area contributed by atoms with Gasteiger partial charge < -0.3 is 0 Å². The van der Waals surface area contributed by atoms with E-state index < -0.39 is 0 Å². The number of aryl methyl sites for hydroxylation is 1. The smallest absolute Gasteiger partial charge is 0.0233 e. The van der Waals surface area contributed by atoms with Gasteiger partial charge in [-0.15, -0.1) is 0 Å². The van der Waals surface area contributed by atoms with E-state index in [1.165, 1.54) is 43.5 Å². The van der Waals surface area contributed by atoms with Crippen LogP contribution in [0.25, 0.3) is 0 Å². The molecule has 1 aromatic carbocycles. The minimum absolute atomic E-state index is 0.896. The molecule has 0 radical (unpaired) electrons. The van der Waals surface area contributed by atoms with Gasteiger partial charge in [-0.05, 0) is 49.3 Å². The average molecular weight is 310 g/mol. The summed E-state index contributed by atoms with van der Waals surface area (Å²) in [6.07, 6.45) is 5.24. The van der Waals surface area contributed by atoms with Crippen LogP contribution < -0.4 is 0 Å². The van der Waals surface area contributed by atoms with Gasteiger partial charge in [0, 0.05) is 18.4 Å². The highest BCUT2D eigenvalue weighted by Gasteiger charge is 2.19. The number of benzene rings is 1. The zero-order valence-electron chi connectivity index (χ0n) is 11.4. The molecule has 0 aromatic heterocycles. The first kappa shape index (κ1) is 14.1. The molecular formula is C16H24BrN. The van der Waals surface area contributed by atoms with Crippen LogP contribution in [0.4, 0.5) is 0 Å². The molecule has 0 amide bonds. The Balaban J connectivity index is 1.87. The lowest BCUT2D eigenvalue weighted by molar-refractivity contribution is 0.165.